The molecule has 1 aromatic rings. The maximum atomic E-state index is 10.5. The summed E-state index contributed by atoms with van der Waals surface area (Å²) in [6, 6.07) is 7.59. The van der Waals surface area contributed by atoms with E-state index in [4.69, 9.17) is 0 Å². The van der Waals surface area contributed by atoms with Crippen molar-refractivity contribution in [3.8, 4) is 0 Å². The van der Waals surface area contributed by atoms with Gasteiger partial charge in [0.15, 0.2) is 0 Å². The van der Waals surface area contributed by atoms with Gasteiger partial charge in [-0.15, -0.1) is 0 Å². The summed E-state index contributed by atoms with van der Waals surface area (Å²) in [7, 11) is 0. The van der Waals surface area contributed by atoms with E-state index in [2.05, 4.69) is 5.32 Å². The molecule has 72 valence electrons. The highest BCUT2D eigenvalue weighted by Crippen LogP contribution is 2.10. The fraction of sp³-hybridized carbons (Fsp3) is 0.333. The summed E-state index contributed by atoms with van der Waals surface area (Å²) in [5.41, 5.74) is 1.98. The van der Waals surface area contributed by atoms with Crippen LogP contribution < -0.4 is 5.32 Å². The summed E-state index contributed by atoms with van der Waals surface area (Å²) in [5.74, 6) is 0. The molecule has 2 unspecified atom stereocenters. The lowest BCUT2D eigenvalue weighted by molar-refractivity contribution is 0.529. The Morgan fingerprint density at radius 3 is 2.38 bits per heavy atom. The minimum absolute atomic E-state index is 0.553. The molecule has 0 aliphatic carbocycles. The summed E-state index contributed by atoms with van der Waals surface area (Å²) in [5, 5.41) is 2.30. The maximum Gasteiger partial charge on any atom is 0.0860 e. The minimum Gasteiger partial charge on any atom is -0.771 e. The molecular weight excluding hydrogens is 186 g/mol. The molecule has 0 bridgehead atoms. The van der Waals surface area contributed by atoms with Gasteiger partial charge in [0, 0.05) is 5.69 Å². The van der Waals surface area contributed by atoms with Crippen LogP contribution in [0.25, 0.3) is 0 Å². The third-order valence-electron chi connectivity index (χ3n) is 1.71. The molecule has 0 saturated carbocycles. The first-order valence-electron chi connectivity index (χ1n) is 4.01. The molecule has 1 N–H and O–H groups in total. The van der Waals surface area contributed by atoms with Crippen molar-refractivity contribution >= 4 is 16.8 Å². The molecule has 0 radical (unpaired) electrons. The van der Waals surface area contributed by atoms with Gasteiger partial charge >= 0.3 is 0 Å². The van der Waals surface area contributed by atoms with E-state index in [1.165, 1.54) is 0 Å². The molecule has 4 heteroatoms. The number of hydrogen-bond donors (Lipinski definition) is 1. The van der Waals surface area contributed by atoms with Crippen LogP contribution >= 0.6 is 0 Å². The summed E-state index contributed by atoms with van der Waals surface area (Å²) < 4.78 is 21.0. The number of anilines is 1. The third-order valence-corrected chi connectivity index (χ3v) is 2.41. The Morgan fingerprint density at radius 2 is 1.92 bits per heavy atom. The predicted octanol–water partition coefficient (Wildman–Crippen LogP) is 1.63. The molecular formula is C9H12NO2S-. The maximum absolute atomic E-state index is 10.5. The lowest BCUT2D eigenvalue weighted by Crippen LogP contribution is -2.20. The first kappa shape index (κ1) is 10.2. The SMILES string of the molecule is Cc1ccc(NC(C)S(=O)[O-])cc1. The standard InChI is InChI=1S/C9H13NO2S/c1-7-3-5-9(6-4-7)10-8(2)13(11)12/h3-6,8,10H,1-2H3,(H,11,12)/p-1. The second kappa shape index (κ2) is 4.39. The molecule has 0 fully saturated rings. The predicted molar refractivity (Wildman–Crippen MR) is 53.2 cm³/mol. The van der Waals surface area contributed by atoms with Crippen molar-refractivity contribution in [2.75, 3.05) is 5.32 Å². The highest BCUT2D eigenvalue weighted by molar-refractivity contribution is 7.79. The topological polar surface area (TPSA) is 52.2 Å². The average molecular weight is 198 g/mol. The third kappa shape index (κ3) is 3.16. The lowest BCUT2D eigenvalue weighted by Gasteiger charge is -2.17. The van der Waals surface area contributed by atoms with Crippen LogP contribution in [0.5, 0.6) is 0 Å². The Kier molecular flexibility index (Phi) is 3.45. The van der Waals surface area contributed by atoms with Crippen LogP contribution in [0.2, 0.25) is 0 Å². The summed E-state index contributed by atoms with van der Waals surface area (Å²) in [6.45, 7) is 3.59. The molecule has 3 nitrogen and oxygen atoms in total. The minimum atomic E-state index is -2.08. The van der Waals surface area contributed by atoms with E-state index in [9.17, 15) is 8.76 Å². The van der Waals surface area contributed by atoms with Crippen LogP contribution in [-0.2, 0) is 11.1 Å². The van der Waals surface area contributed by atoms with Crippen LogP contribution in [0.1, 0.15) is 12.5 Å². The molecule has 1 rings (SSSR count). The van der Waals surface area contributed by atoms with E-state index in [1.54, 1.807) is 6.92 Å². The van der Waals surface area contributed by atoms with Gasteiger partial charge < -0.3 is 9.87 Å². The monoisotopic (exact) mass is 198 g/mol. The first-order valence-corrected chi connectivity index (χ1v) is 5.14. The Labute approximate surface area is 80.5 Å². The van der Waals surface area contributed by atoms with Crippen molar-refractivity contribution in [3.63, 3.8) is 0 Å². The van der Waals surface area contributed by atoms with Gasteiger partial charge in [-0.05, 0) is 37.1 Å². The van der Waals surface area contributed by atoms with Crippen LogP contribution in [0, 0.1) is 6.92 Å². The Hall–Kier alpha value is -0.870. The number of aryl methyl sites for hydroxylation is 1. The van der Waals surface area contributed by atoms with Crippen molar-refractivity contribution in [2.45, 2.75) is 19.2 Å². The largest absolute Gasteiger partial charge is 0.771 e. The normalized spacial score (nSPS) is 15.0. The zero-order chi connectivity index (χ0) is 9.84. The lowest BCUT2D eigenvalue weighted by atomic mass is 10.2. The molecule has 0 spiro atoms. The number of nitrogens with one attached hydrogen (secondary N) is 1. The fourth-order valence-electron chi connectivity index (χ4n) is 0.933. The molecule has 0 heterocycles. The Bertz CT molecular complexity index is 297. The molecule has 1 aromatic carbocycles. The first-order chi connectivity index (χ1) is 6.09. The van der Waals surface area contributed by atoms with E-state index in [0.29, 0.717) is 0 Å². The zero-order valence-corrected chi connectivity index (χ0v) is 8.43. The van der Waals surface area contributed by atoms with Crippen molar-refractivity contribution < 1.29 is 8.76 Å². The van der Waals surface area contributed by atoms with E-state index >= 15 is 0 Å². The average Bonchev–Trinajstić information content (AvgIpc) is 2.08. The van der Waals surface area contributed by atoms with Crippen LogP contribution in [0.4, 0.5) is 5.69 Å². The highest BCUT2D eigenvalue weighted by atomic mass is 32.2. The van der Waals surface area contributed by atoms with Crippen LogP contribution in [-0.4, -0.2) is 14.1 Å². The quantitative estimate of drug-likeness (QED) is 0.751. The fourth-order valence-corrected chi connectivity index (χ4v) is 1.16. The van der Waals surface area contributed by atoms with Gasteiger partial charge in [0.05, 0.1) is 5.37 Å². The van der Waals surface area contributed by atoms with Gasteiger partial charge in [-0.25, -0.2) is 0 Å². The van der Waals surface area contributed by atoms with Crippen molar-refractivity contribution in [2.24, 2.45) is 0 Å². The molecule has 0 aromatic heterocycles. The van der Waals surface area contributed by atoms with Crippen molar-refractivity contribution in [1.29, 1.82) is 0 Å². The number of rotatable bonds is 3. The molecule has 2 atom stereocenters. The summed E-state index contributed by atoms with van der Waals surface area (Å²) in [6.07, 6.45) is 0. The smallest absolute Gasteiger partial charge is 0.0860 e. The molecule has 0 aliphatic rings. The Morgan fingerprint density at radius 1 is 1.38 bits per heavy atom. The second-order valence-corrected chi connectivity index (χ2v) is 4.14. The molecule has 0 saturated heterocycles. The summed E-state index contributed by atoms with van der Waals surface area (Å²) >= 11 is -2.08. The zero-order valence-electron chi connectivity index (χ0n) is 7.61. The number of hydrogen-bond acceptors (Lipinski definition) is 3. The van der Waals surface area contributed by atoms with Gasteiger partial charge in [0.1, 0.15) is 0 Å². The van der Waals surface area contributed by atoms with Gasteiger partial charge in [0.2, 0.25) is 0 Å². The van der Waals surface area contributed by atoms with E-state index < -0.39 is 16.5 Å². The highest BCUT2D eigenvalue weighted by Gasteiger charge is 2.00. The Balaban J connectivity index is 2.64. The van der Waals surface area contributed by atoms with E-state index in [0.717, 1.165) is 11.3 Å². The van der Waals surface area contributed by atoms with E-state index in [-0.39, 0.29) is 0 Å². The van der Waals surface area contributed by atoms with Crippen LogP contribution in [0.3, 0.4) is 0 Å². The van der Waals surface area contributed by atoms with Crippen molar-refractivity contribution in [3.05, 3.63) is 29.8 Å². The van der Waals surface area contributed by atoms with Gasteiger partial charge in [-0.2, -0.15) is 0 Å². The van der Waals surface area contributed by atoms with Gasteiger partial charge in [-0.3, -0.25) is 4.21 Å². The summed E-state index contributed by atoms with van der Waals surface area (Å²) in [4.78, 5) is 0. The number of benzene rings is 1. The molecule has 13 heavy (non-hydrogen) atoms. The second-order valence-electron chi connectivity index (χ2n) is 2.91. The molecule has 0 amide bonds. The van der Waals surface area contributed by atoms with Crippen LogP contribution in [0.15, 0.2) is 24.3 Å². The van der Waals surface area contributed by atoms with Crippen molar-refractivity contribution in [1.82, 2.24) is 0 Å². The van der Waals surface area contributed by atoms with Gasteiger partial charge in [0.25, 0.3) is 0 Å². The van der Waals surface area contributed by atoms with Gasteiger partial charge in [-0.1, -0.05) is 17.7 Å². The molecule has 0 aliphatic heterocycles. The van der Waals surface area contributed by atoms with E-state index in [1.807, 2.05) is 31.2 Å².